The van der Waals surface area contributed by atoms with E-state index in [9.17, 15) is 10.1 Å². The first kappa shape index (κ1) is 8.32. The first-order valence-corrected chi connectivity index (χ1v) is 2.59. The highest BCUT2D eigenvalue weighted by Gasteiger charge is 2.14. The number of nitrogens with zero attached hydrogens (tertiary/aromatic N) is 1. The number of aliphatic hydroxyl groups is 1. The first-order chi connectivity index (χ1) is 4.04. The zero-order valence-corrected chi connectivity index (χ0v) is 5.15. The molecular weight excluding hydrogens is 124 g/mol. The van der Waals surface area contributed by atoms with Gasteiger partial charge in [0, 0.05) is 11.0 Å². The molecule has 0 heterocycles. The molecule has 5 nitrogen and oxygen atoms in total. The van der Waals surface area contributed by atoms with E-state index < -0.39 is 23.6 Å². The molecule has 0 aliphatic heterocycles. The lowest BCUT2D eigenvalue weighted by Gasteiger charge is -2.07. The highest BCUT2D eigenvalue weighted by molar-refractivity contribution is 4.63. The van der Waals surface area contributed by atoms with E-state index in [4.69, 9.17) is 10.8 Å². The molecule has 3 N–H and O–H groups in total. The second kappa shape index (κ2) is 3.37. The Balaban J connectivity index is 3.50. The Hall–Kier alpha value is -0.680. The van der Waals surface area contributed by atoms with Crippen LogP contribution in [0, 0.1) is 10.1 Å². The summed E-state index contributed by atoms with van der Waals surface area (Å²) < 4.78 is 0. The van der Waals surface area contributed by atoms with E-state index in [1.54, 1.807) is 0 Å². The van der Waals surface area contributed by atoms with Crippen molar-refractivity contribution >= 4 is 0 Å². The van der Waals surface area contributed by atoms with E-state index in [1.807, 2.05) is 0 Å². The van der Waals surface area contributed by atoms with Crippen LogP contribution in [-0.4, -0.2) is 28.7 Å². The van der Waals surface area contributed by atoms with Crippen LogP contribution in [0.15, 0.2) is 0 Å². The lowest BCUT2D eigenvalue weighted by molar-refractivity contribution is -0.490. The maximum Gasteiger partial charge on any atom is 0.230 e. The Morgan fingerprint density at radius 2 is 2.33 bits per heavy atom. The van der Waals surface area contributed by atoms with Crippen molar-refractivity contribution < 1.29 is 10.0 Å². The van der Waals surface area contributed by atoms with E-state index in [2.05, 4.69) is 0 Å². The minimum absolute atomic E-state index is 0.475. The maximum atomic E-state index is 9.70. The van der Waals surface area contributed by atoms with Gasteiger partial charge in [-0.1, -0.05) is 0 Å². The lowest BCUT2D eigenvalue weighted by atomic mass is 10.2. The van der Waals surface area contributed by atoms with Crippen molar-refractivity contribution in [1.82, 2.24) is 0 Å². The minimum Gasteiger partial charge on any atom is -0.385 e. The van der Waals surface area contributed by atoms with E-state index in [1.165, 1.54) is 6.92 Å². The third kappa shape index (κ3) is 3.87. The van der Waals surface area contributed by atoms with Crippen LogP contribution in [0.25, 0.3) is 0 Å². The molecule has 0 saturated heterocycles. The molecule has 2 atom stereocenters. The monoisotopic (exact) mass is 134 g/mol. The third-order valence-corrected chi connectivity index (χ3v) is 0.943. The number of hydrogen-bond donors (Lipinski definition) is 2. The highest BCUT2D eigenvalue weighted by Crippen LogP contribution is 1.87. The largest absolute Gasteiger partial charge is 0.385 e. The van der Waals surface area contributed by atoms with E-state index in [0.29, 0.717) is 0 Å². The van der Waals surface area contributed by atoms with Crippen molar-refractivity contribution in [1.29, 1.82) is 0 Å². The molecule has 9 heavy (non-hydrogen) atoms. The van der Waals surface area contributed by atoms with Gasteiger partial charge in [0.25, 0.3) is 0 Å². The molecule has 0 aromatic carbocycles. The molecule has 0 saturated carbocycles. The fourth-order valence-corrected chi connectivity index (χ4v) is 0.319. The number of hydrogen-bond acceptors (Lipinski definition) is 4. The molecule has 5 heteroatoms. The average Bonchev–Trinajstić information content (AvgIpc) is 1.63. The minimum atomic E-state index is -1.03. The molecular formula is C4H10N2O3. The fraction of sp³-hybridized carbons (Fsp3) is 1.00. The van der Waals surface area contributed by atoms with Crippen LogP contribution >= 0.6 is 0 Å². The molecule has 0 fully saturated rings. The van der Waals surface area contributed by atoms with Gasteiger partial charge in [-0.15, -0.1) is 0 Å². The molecule has 0 bridgehead atoms. The number of nitrogens with two attached hydrogens (primary N) is 1. The van der Waals surface area contributed by atoms with Crippen LogP contribution < -0.4 is 5.73 Å². The zero-order chi connectivity index (χ0) is 7.44. The van der Waals surface area contributed by atoms with Crippen LogP contribution in [0.1, 0.15) is 6.92 Å². The van der Waals surface area contributed by atoms with E-state index >= 15 is 0 Å². The molecule has 0 rings (SSSR count). The van der Waals surface area contributed by atoms with Crippen molar-refractivity contribution in [3.63, 3.8) is 0 Å². The normalized spacial score (nSPS) is 16.8. The topological polar surface area (TPSA) is 89.4 Å². The Morgan fingerprint density at radius 1 is 1.89 bits per heavy atom. The molecule has 0 radical (unpaired) electrons. The van der Waals surface area contributed by atoms with Gasteiger partial charge in [-0.05, 0) is 6.92 Å². The molecule has 0 aromatic rings. The molecule has 54 valence electrons. The van der Waals surface area contributed by atoms with Crippen LogP contribution in [0.3, 0.4) is 0 Å². The van der Waals surface area contributed by atoms with Gasteiger partial charge >= 0.3 is 0 Å². The van der Waals surface area contributed by atoms with Gasteiger partial charge in [0.1, 0.15) is 6.10 Å². The molecule has 0 aromatic heterocycles. The fourth-order valence-electron chi connectivity index (χ4n) is 0.319. The second-order valence-corrected chi connectivity index (χ2v) is 1.94. The number of nitro groups is 1. The van der Waals surface area contributed by atoms with E-state index in [0.717, 1.165) is 0 Å². The summed E-state index contributed by atoms with van der Waals surface area (Å²) in [6, 6.07) is -0.532. The van der Waals surface area contributed by atoms with Crippen molar-refractivity contribution in [2.75, 3.05) is 6.54 Å². The third-order valence-electron chi connectivity index (χ3n) is 0.943. The van der Waals surface area contributed by atoms with Crippen LogP contribution in [0.5, 0.6) is 0 Å². The summed E-state index contributed by atoms with van der Waals surface area (Å²) in [6.07, 6.45) is -1.03. The summed E-state index contributed by atoms with van der Waals surface area (Å²) in [6.45, 7) is 1.05. The second-order valence-electron chi connectivity index (χ2n) is 1.94. The Labute approximate surface area is 52.6 Å². The number of rotatable bonds is 3. The van der Waals surface area contributed by atoms with Gasteiger partial charge in [0.2, 0.25) is 6.54 Å². The molecule has 0 aliphatic carbocycles. The standard InChI is InChI=1S/C4H10N2O3/c1-3(5)4(7)2-6(8)9/h3-4,7H,2,5H2,1H3. The quantitative estimate of drug-likeness (QED) is 0.381. The van der Waals surface area contributed by atoms with Crippen molar-refractivity contribution in [2.45, 2.75) is 19.1 Å². The molecule has 0 spiro atoms. The average molecular weight is 134 g/mol. The summed E-state index contributed by atoms with van der Waals surface area (Å²) in [5.74, 6) is 0. The zero-order valence-electron chi connectivity index (χ0n) is 5.15. The summed E-state index contributed by atoms with van der Waals surface area (Å²) in [7, 11) is 0. The SMILES string of the molecule is CC(N)C(O)C[N+](=O)[O-]. The predicted octanol–water partition coefficient (Wildman–Crippen LogP) is -1.03. The lowest BCUT2D eigenvalue weighted by Crippen LogP contribution is -2.36. The smallest absolute Gasteiger partial charge is 0.230 e. The van der Waals surface area contributed by atoms with Gasteiger partial charge in [-0.3, -0.25) is 10.1 Å². The van der Waals surface area contributed by atoms with Gasteiger partial charge in [-0.2, -0.15) is 0 Å². The molecule has 0 aliphatic rings. The van der Waals surface area contributed by atoms with Gasteiger partial charge in [0.05, 0.1) is 0 Å². The summed E-state index contributed by atoms with van der Waals surface area (Å²) in [5.41, 5.74) is 5.13. The maximum absolute atomic E-state index is 9.70. The Bertz CT molecular complexity index is 104. The Kier molecular flexibility index (Phi) is 3.11. The van der Waals surface area contributed by atoms with Crippen LogP contribution in [0.2, 0.25) is 0 Å². The summed E-state index contributed by atoms with van der Waals surface area (Å²) >= 11 is 0. The highest BCUT2D eigenvalue weighted by atomic mass is 16.6. The van der Waals surface area contributed by atoms with Crippen molar-refractivity contribution in [2.24, 2.45) is 5.73 Å². The van der Waals surface area contributed by atoms with Gasteiger partial charge in [0.15, 0.2) is 0 Å². The van der Waals surface area contributed by atoms with Crippen molar-refractivity contribution in [3.8, 4) is 0 Å². The van der Waals surface area contributed by atoms with Crippen molar-refractivity contribution in [3.05, 3.63) is 10.1 Å². The van der Waals surface area contributed by atoms with Gasteiger partial charge in [-0.25, -0.2) is 0 Å². The Morgan fingerprint density at radius 3 is 2.44 bits per heavy atom. The number of aliphatic hydroxyl groups excluding tert-OH is 1. The molecule has 2 unspecified atom stereocenters. The summed E-state index contributed by atoms with van der Waals surface area (Å²) in [5, 5.41) is 18.4. The first-order valence-electron chi connectivity index (χ1n) is 2.59. The predicted molar refractivity (Wildman–Crippen MR) is 31.5 cm³/mol. The van der Waals surface area contributed by atoms with Crippen LogP contribution in [-0.2, 0) is 0 Å². The van der Waals surface area contributed by atoms with Crippen LogP contribution in [0.4, 0.5) is 0 Å². The van der Waals surface area contributed by atoms with E-state index in [-0.39, 0.29) is 0 Å². The summed E-state index contributed by atoms with van der Waals surface area (Å²) in [4.78, 5) is 9.11. The molecule has 0 amide bonds. The van der Waals surface area contributed by atoms with Gasteiger partial charge < -0.3 is 10.8 Å².